The predicted molar refractivity (Wildman–Crippen MR) is 54.8 cm³/mol. The lowest BCUT2D eigenvalue weighted by molar-refractivity contribution is -0.0124. The van der Waals surface area contributed by atoms with Gasteiger partial charge in [-0.3, -0.25) is 4.79 Å². The van der Waals surface area contributed by atoms with Gasteiger partial charge in [0, 0.05) is 13.1 Å². The first-order valence-electron chi connectivity index (χ1n) is 5.13. The molecule has 1 saturated heterocycles. The van der Waals surface area contributed by atoms with Gasteiger partial charge in [0.25, 0.3) is 5.91 Å². The van der Waals surface area contributed by atoms with Crippen LogP contribution < -0.4 is 0 Å². The van der Waals surface area contributed by atoms with Crippen molar-refractivity contribution >= 4 is 5.91 Å². The third-order valence-corrected chi connectivity index (χ3v) is 2.62. The van der Waals surface area contributed by atoms with Gasteiger partial charge in [-0.1, -0.05) is 0 Å². The number of hydrogen-bond donors (Lipinski definition) is 0. The minimum atomic E-state index is 0.0383. The number of amides is 1. The molecular formula is C11H15NO3. The minimum absolute atomic E-state index is 0.0383. The van der Waals surface area contributed by atoms with E-state index in [1.165, 1.54) is 0 Å². The summed E-state index contributed by atoms with van der Waals surface area (Å²) in [5.41, 5.74) is 0.657. The molecule has 1 aliphatic rings. The van der Waals surface area contributed by atoms with Gasteiger partial charge in [0.1, 0.15) is 5.76 Å². The van der Waals surface area contributed by atoms with Crippen molar-refractivity contribution in [3.05, 3.63) is 23.7 Å². The molecule has 15 heavy (non-hydrogen) atoms. The van der Waals surface area contributed by atoms with E-state index in [9.17, 15) is 4.79 Å². The predicted octanol–water partition coefficient (Wildman–Crippen LogP) is 1.45. The van der Waals surface area contributed by atoms with E-state index in [2.05, 4.69) is 0 Å². The van der Waals surface area contributed by atoms with Gasteiger partial charge in [-0.15, -0.1) is 0 Å². The molecule has 0 aliphatic carbocycles. The molecule has 0 N–H and O–H groups in total. The Morgan fingerprint density at radius 2 is 2.40 bits per heavy atom. The summed E-state index contributed by atoms with van der Waals surface area (Å²) in [6.07, 6.45) is 1.67. The Kier molecular flexibility index (Phi) is 2.77. The van der Waals surface area contributed by atoms with Crippen LogP contribution in [0.15, 0.2) is 16.7 Å². The lowest BCUT2D eigenvalue weighted by Gasteiger charge is -2.31. The average molecular weight is 209 g/mol. The largest absolute Gasteiger partial charge is 0.469 e. The third-order valence-electron chi connectivity index (χ3n) is 2.62. The van der Waals surface area contributed by atoms with E-state index in [0.29, 0.717) is 31.0 Å². The molecule has 4 heteroatoms. The molecular weight excluding hydrogens is 194 g/mol. The van der Waals surface area contributed by atoms with E-state index >= 15 is 0 Å². The van der Waals surface area contributed by atoms with Crippen molar-refractivity contribution in [3.8, 4) is 0 Å². The summed E-state index contributed by atoms with van der Waals surface area (Å²) in [5.74, 6) is 0.718. The van der Waals surface area contributed by atoms with Crippen LogP contribution in [0.2, 0.25) is 0 Å². The highest BCUT2D eigenvalue weighted by Crippen LogP contribution is 2.14. The van der Waals surface area contributed by atoms with Crippen molar-refractivity contribution in [1.29, 1.82) is 0 Å². The Bertz CT molecular complexity index is 358. The van der Waals surface area contributed by atoms with E-state index < -0.39 is 0 Å². The van der Waals surface area contributed by atoms with E-state index in [-0.39, 0.29) is 12.0 Å². The highest BCUT2D eigenvalue weighted by Gasteiger charge is 2.24. The number of rotatable bonds is 1. The lowest BCUT2D eigenvalue weighted by Crippen LogP contribution is -2.44. The Balaban J connectivity index is 2.11. The SMILES string of the molecule is Cc1occc1C(=O)N1CCOC(C)C1. The topological polar surface area (TPSA) is 42.7 Å². The number of carbonyl (C=O) groups excluding carboxylic acids is 1. The summed E-state index contributed by atoms with van der Waals surface area (Å²) < 4.78 is 10.5. The van der Waals surface area contributed by atoms with Crippen molar-refractivity contribution in [1.82, 2.24) is 4.90 Å². The van der Waals surface area contributed by atoms with Gasteiger partial charge in [0.2, 0.25) is 0 Å². The molecule has 0 bridgehead atoms. The number of ether oxygens (including phenoxy) is 1. The number of furan rings is 1. The molecule has 0 spiro atoms. The normalized spacial score (nSPS) is 21.7. The molecule has 82 valence electrons. The van der Waals surface area contributed by atoms with Crippen molar-refractivity contribution < 1.29 is 13.9 Å². The fourth-order valence-electron chi connectivity index (χ4n) is 1.78. The molecule has 1 fully saturated rings. The molecule has 1 atom stereocenters. The molecule has 1 unspecified atom stereocenters. The highest BCUT2D eigenvalue weighted by atomic mass is 16.5. The van der Waals surface area contributed by atoms with Crippen LogP contribution >= 0.6 is 0 Å². The average Bonchev–Trinajstić information content (AvgIpc) is 2.63. The smallest absolute Gasteiger partial charge is 0.257 e. The van der Waals surface area contributed by atoms with E-state index in [1.54, 1.807) is 19.3 Å². The lowest BCUT2D eigenvalue weighted by atomic mass is 10.2. The number of aryl methyl sites for hydroxylation is 1. The first kappa shape index (κ1) is 10.2. The van der Waals surface area contributed by atoms with Gasteiger partial charge in [0.05, 0.1) is 24.5 Å². The van der Waals surface area contributed by atoms with Gasteiger partial charge in [-0.05, 0) is 19.9 Å². The van der Waals surface area contributed by atoms with Gasteiger partial charge >= 0.3 is 0 Å². The maximum atomic E-state index is 12.0. The van der Waals surface area contributed by atoms with E-state index in [1.807, 2.05) is 11.8 Å². The molecule has 2 heterocycles. The Morgan fingerprint density at radius 1 is 1.60 bits per heavy atom. The summed E-state index contributed by atoms with van der Waals surface area (Å²) in [4.78, 5) is 13.8. The first-order valence-corrected chi connectivity index (χ1v) is 5.13. The second kappa shape index (κ2) is 4.06. The zero-order valence-electron chi connectivity index (χ0n) is 9.03. The van der Waals surface area contributed by atoms with E-state index in [0.717, 1.165) is 0 Å². The van der Waals surface area contributed by atoms with Crippen LogP contribution in [0.1, 0.15) is 23.0 Å². The van der Waals surface area contributed by atoms with Gasteiger partial charge < -0.3 is 14.1 Å². The van der Waals surface area contributed by atoms with Crippen LogP contribution in [0.3, 0.4) is 0 Å². The van der Waals surface area contributed by atoms with Crippen LogP contribution in [0.5, 0.6) is 0 Å². The number of morpholine rings is 1. The first-order chi connectivity index (χ1) is 7.18. The Labute approximate surface area is 88.8 Å². The molecule has 0 saturated carbocycles. The molecule has 1 aromatic rings. The summed E-state index contributed by atoms with van der Waals surface area (Å²) in [7, 11) is 0. The standard InChI is InChI=1S/C11H15NO3/c1-8-7-12(4-6-14-8)11(13)10-3-5-15-9(10)2/h3,5,8H,4,6-7H2,1-2H3. The van der Waals surface area contributed by atoms with Crippen LogP contribution in [0.25, 0.3) is 0 Å². The summed E-state index contributed by atoms with van der Waals surface area (Å²) >= 11 is 0. The van der Waals surface area contributed by atoms with Crippen molar-refractivity contribution in [3.63, 3.8) is 0 Å². The monoisotopic (exact) mass is 209 g/mol. The second-order valence-electron chi connectivity index (χ2n) is 3.82. The van der Waals surface area contributed by atoms with Gasteiger partial charge in [-0.25, -0.2) is 0 Å². The maximum Gasteiger partial charge on any atom is 0.257 e. The number of carbonyl (C=O) groups is 1. The number of nitrogens with zero attached hydrogens (tertiary/aromatic N) is 1. The number of hydrogen-bond acceptors (Lipinski definition) is 3. The van der Waals surface area contributed by atoms with E-state index in [4.69, 9.17) is 9.15 Å². The zero-order chi connectivity index (χ0) is 10.8. The zero-order valence-corrected chi connectivity index (χ0v) is 9.03. The molecule has 0 aromatic carbocycles. The second-order valence-corrected chi connectivity index (χ2v) is 3.82. The van der Waals surface area contributed by atoms with Gasteiger partial charge in [-0.2, -0.15) is 0 Å². The van der Waals surface area contributed by atoms with Crippen LogP contribution in [-0.2, 0) is 4.74 Å². The van der Waals surface area contributed by atoms with Crippen molar-refractivity contribution in [2.24, 2.45) is 0 Å². The highest BCUT2D eigenvalue weighted by molar-refractivity contribution is 5.95. The van der Waals surface area contributed by atoms with Crippen LogP contribution in [-0.4, -0.2) is 36.6 Å². The minimum Gasteiger partial charge on any atom is -0.469 e. The molecule has 1 aromatic heterocycles. The molecule has 2 rings (SSSR count). The van der Waals surface area contributed by atoms with Crippen LogP contribution in [0, 0.1) is 6.92 Å². The Morgan fingerprint density at radius 3 is 3.00 bits per heavy atom. The molecule has 1 aliphatic heterocycles. The fraction of sp³-hybridized carbons (Fsp3) is 0.545. The third kappa shape index (κ3) is 2.04. The maximum absolute atomic E-state index is 12.0. The van der Waals surface area contributed by atoms with Crippen molar-refractivity contribution in [2.75, 3.05) is 19.7 Å². The quantitative estimate of drug-likeness (QED) is 0.703. The van der Waals surface area contributed by atoms with Crippen LogP contribution in [0.4, 0.5) is 0 Å². The molecule has 1 amide bonds. The summed E-state index contributed by atoms with van der Waals surface area (Å²) in [5, 5.41) is 0. The molecule has 0 radical (unpaired) electrons. The fourth-order valence-corrected chi connectivity index (χ4v) is 1.78. The van der Waals surface area contributed by atoms with Crippen molar-refractivity contribution in [2.45, 2.75) is 20.0 Å². The summed E-state index contributed by atoms with van der Waals surface area (Å²) in [6.45, 7) is 5.71. The Hall–Kier alpha value is -1.29. The summed E-state index contributed by atoms with van der Waals surface area (Å²) in [6, 6.07) is 1.72. The van der Waals surface area contributed by atoms with Gasteiger partial charge in [0.15, 0.2) is 0 Å². The molecule has 4 nitrogen and oxygen atoms in total.